The van der Waals surface area contributed by atoms with Crippen LogP contribution in [-0.2, 0) is 0 Å². The lowest BCUT2D eigenvalue weighted by molar-refractivity contribution is 0.706. The van der Waals surface area contributed by atoms with Crippen LogP contribution in [0.5, 0.6) is 0 Å². The molecular weight excluding hydrogens is 277 g/mol. The van der Waals surface area contributed by atoms with Gasteiger partial charge >= 0.3 is 0 Å². The normalized spacial score (nSPS) is 12.2. The van der Waals surface area contributed by atoms with E-state index in [4.69, 9.17) is 23.2 Å². The van der Waals surface area contributed by atoms with Gasteiger partial charge in [-0.1, -0.05) is 60.5 Å². The van der Waals surface area contributed by atoms with Gasteiger partial charge in [0.2, 0.25) is 0 Å². The van der Waals surface area contributed by atoms with E-state index in [0.717, 1.165) is 18.7 Å². The van der Waals surface area contributed by atoms with Gasteiger partial charge < -0.3 is 5.32 Å². The second-order valence-electron chi connectivity index (χ2n) is 4.69. The van der Waals surface area contributed by atoms with Gasteiger partial charge in [0.15, 0.2) is 0 Å². The molecule has 2 rings (SSSR count). The summed E-state index contributed by atoms with van der Waals surface area (Å²) in [6.07, 6.45) is 1.06. The number of hydrogen-bond acceptors (Lipinski definition) is 1. The van der Waals surface area contributed by atoms with Crippen molar-refractivity contribution in [2.45, 2.75) is 19.3 Å². The lowest BCUT2D eigenvalue weighted by atomic mass is 9.98. The van der Waals surface area contributed by atoms with E-state index in [0.29, 0.717) is 16.0 Å². The van der Waals surface area contributed by atoms with Gasteiger partial charge in [-0.25, -0.2) is 0 Å². The molecule has 0 aliphatic rings. The summed E-state index contributed by atoms with van der Waals surface area (Å²) < 4.78 is 0. The van der Waals surface area contributed by atoms with Crippen molar-refractivity contribution in [3.8, 4) is 0 Å². The summed E-state index contributed by atoms with van der Waals surface area (Å²) in [6, 6.07) is 16.1. The Labute approximate surface area is 124 Å². The van der Waals surface area contributed by atoms with E-state index in [9.17, 15) is 0 Å². The molecule has 19 heavy (non-hydrogen) atoms. The van der Waals surface area contributed by atoms with Crippen molar-refractivity contribution in [1.82, 2.24) is 0 Å². The first-order valence-electron chi connectivity index (χ1n) is 6.40. The maximum atomic E-state index is 5.96. The van der Waals surface area contributed by atoms with Crippen LogP contribution in [-0.4, -0.2) is 6.54 Å². The van der Waals surface area contributed by atoms with Crippen molar-refractivity contribution in [2.24, 2.45) is 0 Å². The Hall–Kier alpha value is -1.18. The van der Waals surface area contributed by atoms with E-state index in [1.807, 2.05) is 18.2 Å². The summed E-state index contributed by atoms with van der Waals surface area (Å²) in [5, 5.41) is 4.67. The molecule has 0 bridgehead atoms. The van der Waals surface area contributed by atoms with Crippen molar-refractivity contribution < 1.29 is 0 Å². The summed E-state index contributed by atoms with van der Waals surface area (Å²) in [6.45, 7) is 3.13. The Morgan fingerprint density at radius 2 is 1.63 bits per heavy atom. The summed E-state index contributed by atoms with van der Waals surface area (Å²) in [7, 11) is 0. The molecule has 0 heterocycles. The molecule has 0 saturated heterocycles. The number of nitrogens with one attached hydrogen (secondary N) is 1. The summed E-state index contributed by atoms with van der Waals surface area (Å²) >= 11 is 11.9. The average Bonchev–Trinajstić information content (AvgIpc) is 2.38. The SMILES string of the molecule is CC(CCNc1cc(Cl)cc(Cl)c1)c1ccccc1. The molecule has 0 radical (unpaired) electrons. The van der Waals surface area contributed by atoms with Crippen LogP contribution in [0.4, 0.5) is 5.69 Å². The highest BCUT2D eigenvalue weighted by Gasteiger charge is 2.04. The van der Waals surface area contributed by atoms with Crippen LogP contribution in [0.2, 0.25) is 10.0 Å². The topological polar surface area (TPSA) is 12.0 Å². The predicted molar refractivity (Wildman–Crippen MR) is 84.4 cm³/mol. The van der Waals surface area contributed by atoms with E-state index in [2.05, 4.69) is 36.5 Å². The molecule has 0 aromatic heterocycles. The fourth-order valence-corrected chi connectivity index (χ4v) is 2.56. The fraction of sp³-hybridized carbons (Fsp3) is 0.250. The zero-order chi connectivity index (χ0) is 13.7. The second kappa shape index (κ2) is 6.83. The molecule has 2 aromatic carbocycles. The van der Waals surface area contributed by atoms with Crippen molar-refractivity contribution in [1.29, 1.82) is 0 Å². The van der Waals surface area contributed by atoms with Gasteiger partial charge in [0.25, 0.3) is 0 Å². The van der Waals surface area contributed by atoms with E-state index >= 15 is 0 Å². The summed E-state index contributed by atoms with van der Waals surface area (Å²) in [4.78, 5) is 0. The van der Waals surface area contributed by atoms with E-state index in [-0.39, 0.29) is 0 Å². The molecule has 0 saturated carbocycles. The molecule has 0 fully saturated rings. The predicted octanol–water partition coefficient (Wildman–Crippen LogP) is 5.60. The highest BCUT2D eigenvalue weighted by atomic mass is 35.5. The van der Waals surface area contributed by atoms with Crippen LogP contribution in [0, 0.1) is 0 Å². The average molecular weight is 294 g/mol. The third-order valence-electron chi connectivity index (χ3n) is 3.14. The Morgan fingerprint density at radius 1 is 1.00 bits per heavy atom. The third kappa shape index (κ3) is 4.45. The number of anilines is 1. The highest BCUT2D eigenvalue weighted by Crippen LogP contribution is 2.23. The first-order valence-corrected chi connectivity index (χ1v) is 7.15. The molecular formula is C16H17Cl2N. The summed E-state index contributed by atoms with van der Waals surface area (Å²) in [5.41, 5.74) is 2.34. The second-order valence-corrected chi connectivity index (χ2v) is 5.56. The van der Waals surface area contributed by atoms with Crippen LogP contribution >= 0.6 is 23.2 Å². The molecule has 1 nitrogen and oxygen atoms in total. The van der Waals surface area contributed by atoms with E-state index < -0.39 is 0 Å². The van der Waals surface area contributed by atoms with Crippen LogP contribution in [0.25, 0.3) is 0 Å². The molecule has 1 atom stereocenters. The van der Waals surface area contributed by atoms with Crippen molar-refractivity contribution in [3.63, 3.8) is 0 Å². The number of halogens is 2. The Balaban J connectivity index is 1.86. The van der Waals surface area contributed by atoms with E-state index in [1.54, 1.807) is 6.07 Å². The van der Waals surface area contributed by atoms with Crippen molar-refractivity contribution >= 4 is 28.9 Å². The Kier molecular flexibility index (Phi) is 5.12. The zero-order valence-corrected chi connectivity index (χ0v) is 12.4. The van der Waals surface area contributed by atoms with Gasteiger partial charge in [0, 0.05) is 22.3 Å². The number of benzene rings is 2. The minimum absolute atomic E-state index is 0.531. The lowest BCUT2D eigenvalue weighted by Crippen LogP contribution is -2.05. The fourth-order valence-electron chi connectivity index (χ4n) is 2.04. The molecule has 3 heteroatoms. The van der Waals surface area contributed by atoms with Crippen LogP contribution in [0.3, 0.4) is 0 Å². The molecule has 1 unspecified atom stereocenters. The minimum Gasteiger partial charge on any atom is -0.385 e. The molecule has 0 aliphatic carbocycles. The van der Waals surface area contributed by atoms with Crippen LogP contribution < -0.4 is 5.32 Å². The van der Waals surface area contributed by atoms with Crippen LogP contribution in [0.1, 0.15) is 24.8 Å². The molecule has 0 spiro atoms. The van der Waals surface area contributed by atoms with E-state index in [1.165, 1.54) is 5.56 Å². The van der Waals surface area contributed by atoms with Crippen LogP contribution in [0.15, 0.2) is 48.5 Å². The van der Waals surface area contributed by atoms with Gasteiger partial charge in [-0.15, -0.1) is 0 Å². The standard InChI is InChI=1S/C16H17Cl2N/c1-12(13-5-3-2-4-6-13)7-8-19-16-10-14(17)9-15(18)11-16/h2-6,9-12,19H,7-8H2,1H3. The third-order valence-corrected chi connectivity index (χ3v) is 3.57. The van der Waals surface area contributed by atoms with Gasteiger partial charge in [-0.3, -0.25) is 0 Å². The smallest absolute Gasteiger partial charge is 0.0441 e. The first-order chi connectivity index (χ1) is 9.15. The molecule has 0 amide bonds. The maximum Gasteiger partial charge on any atom is 0.0441 e. The first kappa shape index (κ1) is 14.2. The largest absolute Gasteiger partial charge is 0.385 e. The van der Waals surface area contributed by atoms with Gasteiger partial charge in [-0.2, -0.15) is 0 Å². The maximum absolute atomic E-state index is 5.96. The van der Waals surface area contributed by atoms with Gasteiger partial charge in [0.05, 0.1) is 0 Å². The van der Waals surface area contributed by atoms with Gasteiger partial charge in [0.1, 0.15) is 0 Å². The van der Waals surface area contributed by atoms with Gasteiger partial charge in [-0.05, 0) is 36.1 Å². The minimum atomic E-state index is 0.531. The zero-order valence-electron chi connectivity index (χ0n) is 10.9. The Morgan fingerprint density at radius 3 is 2.26 bits per heavy atom. The quantitative estimate of drug-likeness (QED) is 0.757. The molecule has 2 aromatic rings. The van der Waals surface area contributed by atoms with Crippen molar-refractivity contribution in [3.05, 3.63) is 64.1 Å². The summed E-state index contributed by atoms with van der Waals surface area (Å²) in [5.74, 6) is 0.531. The molecule has 100 valence electrons. The number of hydrogen-bond donors (Lipinski definition) is 1. The Bertz CT molecular complexity index is 505. The van der Waals surface area contributed by atoms with Crippen molar-refractivity contribution in [2.75, 3.05) is 11.9 Å². The molecule has 1 N–H and O–H groups in total. The number of rotatable bonds is 5. The monoisotopic (exact) mass is 293 g/mol. The lowest BCUT2D eigenvalue weighted by Gasteiger charge is -2.13. The molecule has 0 aliphatic heterocycles. The highest BCUT2D eigenvalue weighted by molar-refractivity contribution is 6.35.